The maximum Gasteiger partial charge on any atom is 0.279 e. The second-order valence-corrected chi connectivity index (χ2v) is 8.58. The highest BCUT2D eigenvalue weighted by atomic mass is 32.2. The van der Waals surface area contributed by atoms with E-state index in [1.54, 1.807) is 6.20 Å². The molecule has 0 saturated carbocycles. The zero-order chi connectivity index (χ0) is 17.9. The summed E-state index contributed by atoms with van der Waals surface area (Å²) >= 11 is 0. The summed E-state index contributed by atoms with van der Waals surface area (Å²) in [7, 11) is -0.611. The number of aliphatic hydroxyl groups excluding tert-OH is 1. The fourth-order valence-electron chi connectivity index (χ4n) is 2.58. The van der Waals surface area contributed by atoms with E-state index >= 15 is 0 Å². The molecule has 1 aromatic heterocycles. The molecule has 2 N–H and O–H groups in total. The molecule has 2 rings (SSSR count). The van der Waals surface area contributed by atoms with Gasteiger partial charge in [-0.25, -0.2) is 9.97 Å². The summed E-state index contributed by atoms with van der Waals surface area (Å²) in [5, 5.41) is 10.3. The highest BCUT2D eigenvalue weighted by molar-refractivity contribution is 7.87. The van der Waals surface area contributed by atoms with E-state index in [1.807, 2.05) is 19.9 Å². The van der Waals surface area contributed by atoms with Crippen LogP contribution in [0.25, 0.3) is 0 Å². The van der Waals surface area contributed by atoms with Crippen molar-refractivity contribution >= 4 is 10.2 Å². The first-order chi connectivity index (χ1) is 11.2. The Hall–Kier alpha value is -1.13. The van der Waals surface area contributed by atoms with Crippen molar-refractivity contribution in [2.75, 3.05) is 27.2 Å². The van der Waals surface area contributed by atoms with E-state index in [9.17, 15) is 13.5 Å². The fraction of sp³-hybridized carbons (Fsp3) is 0.733. The number of piperidine rings is 1. The topological polar surface area (TPSA) is 98.7 Å². The number of hydrogen-bond donors (Lipinski definition) is 2. The van der Waals surface area contributed by atoms with E-state index in [0.29, 0.717) is 26.1 Å². The number of nitrogens with zero attached hydrogens (tertiary/aromatic N) is 4. The van der Waals surface area contributed by atoms with Crippen LogP contribution < -0.4 is 4.72 Å². The Morgan fingerprint density at radius 2 is 2.17 bits per heavy atom. The smallest absolute Gasteiger partial charge is 0.279 e. The van der Waals surface area contributed by atoms with Crippen LogP contribution in [0, 0.1) is 0 Å². The Labute approximate surface area is 144 Å². The summed E-state index contributed by atoms with van der Waals surface area (Å²) in [5.41, 5.74) is 0.910. The van der Waals surface area contributed by atoms with Gasteiger partial charge in [-0.2, -0.15) is 17.4 Å². The molecule has 1 aliphatic heterocycles. The molecule has 0 bridgehead atoms. The third-order valence-electron chi connectivity index (χ3n) is 4.08. The van der Waals surface area contributed by atoms with Crippen LogP contribution in [0.15, 0.2) is 12.3 Å². The molecule has 0 amide bonds. The maximum atomic E-state index is 11.9. The molecule has 1 aliphatic rings. The van der Waals surface area contributed by atoms with E-state index in [-0.39, 0.29) is 5.92 Å². The Balaban J connectivity index is 1.95. The molecule has 9 heteroatoms. The van der Waals surface area contributed by atoms with Crippen LogP contribution in [0.2, 0.25) is 0 Å². The van der Waals surface area contributed by atoms with Crippen LogP contribution in [-0.4, -0.2) is 72.0 Å². The molecule has 24 heavy (non-hydrogen) atoms. The molecule has 0 unspecified atom stereocenters. The van der Waals surface area contributed by atoms with Crippen molar-refractivity contribution < 1.29 is 13.5 Å². The first-order valence-electron chi connectivity index (χ1n) is 8.11. The van der Waals surface area contributed by atoms with Crippen LogP contribution in [0.1, 0.15) is 37.7 Å². The molecule has 8 nitrogen and oxygen atoms in total. The van der Waals surface area contributed by atoms with Crippen LogP contribution in [-0.2, 0) is 16.8 Å². The van der Waals surface area contributed by atoms with Gasteiger partial charge in [-0.3, -0.25) is 4.90 Å². The molecular formula is C15H27N5O3S. The number of β-amino-alcohol motifs (C(OH)–C–C–N with tert-alkyl or cyclic N) is 1. The molecule has 1 aromatic rings. The van der Waals surface area contributed by atoms with Gasteiger partial charge in [-0.05, 0) is 12.5 Å². The molecule has 2 atom stereocenters. The molecule has 0 spiro atoms. The molecule has 1 saturated heterocycles. The van der Waals surface area contributed by atoms with Crippen molar-refractivity contribution in [3.8, 4) is 0 Å². The average Bonchev–Trinajstić information content (AvgIpc) is 2.50. The van der Waals surface area contributed by atoms with Crippen molar-refractivity contribution in [2.24, 2.45) is 0 Å². The Kier molecular flexibility index (Phi) is 6.27. The number of hydrogen-bond acceptors (Lipinski definition) is 6. The summed E-state index contributed by atoms with van der Waals surface area (Å²) in [6.07, 6.45) is 1.56. The normalized spacial score (nSPS) is 23.1. The molecular weight excluding hydrogens is 330 g/mol. The molecule has 0 aromatic carbocycles. The Morgan fingerprint density at radius 1 is 1.46 bits per heavy atom. The van der Waals surface area contributed by atoms with Crippen molar-refractivity contribution in [3.05, 3.63) is 23.8 Å². The highest BCUT2D eigenvalue weighted by Gasteiger charge is 2.31. The SMILES string of the molecule is CC(C)c1nccc(CN2CC[C@@H](NS(=O)(=O)N(C)C)[C@H](O)C2)n1. The number of rotatable bonds is 6. The Bertz CT molecular complexity index is 650. The van der Waals surface area contributed by atoms with Gasteiger partial charge in [0, 0.05) is 45.8 Å². The lowest BCUT2D eigenvalue weighted by atomic mass is 10.0. The minimum absolute atomic E-state index is 0.265. The standard InChI is InChI=1S/C15H27N5O3S/c1-11(2)15-16-7-5-12(17-15)9-20-8-6-13(14(21)10-20)18-24(22,23)19(3)4/h5,7,11,13-14,18,21H,6,8-10H2,1-4H3/t13-,14-/m1/s1. The quantitative estimate of drug-likeness (QED) is 0.740. The van der Waals surface area contributed by atoms with Gasteiger partial charge in [0.05, 0.1) is 17.8 Å². The highest BCUT2D eigenvalue weighted by Crippen LogP contribution is 2.16. The van der Waals surface area contributed by atoms with Gasteiger partial charge in [0.1, 0.15) is 5.82 Å². The van der Waals surface area contributed by atoms with Crippen LogP contribution >= 0.6 is 0 Å². The van der Waals surface area contributed by atoms with E-state index < -0.39 is 22.4 Å². The van der Waals surface area contributed by atoms with E-state index in [2.05, 4.69) is 19.6 Å². The lowest BCUT2D eigenvalue weighted by Gasteiger charge is -2.36. The lowest BCUT2D eigenvalue weighted by molar-refractivity contribution is 0.0436. The van der Waals surface area contributed by atoms with Gasteiger partial charge in [0.15, 0.2) is 0 Å². The number of aliphatic hydroxyl groups is 1. The molecule has 2 heterocycles. The van der Waals surface area contributed by atoms with Gasteiger partial charge < -0.3 is 5.11 Å². The zero-order valence-electron chi connectivity index (χ0n) is 14.7. The fourth-order valence-corrected chi connectivity index (χ4v) is 3.45. The lowest BCUT2D eigenvalue weighted by Crippen LogP contribution is -2.55. The minimum Gasteiger partial charge on any atom is -0.390 e. The van der Waals surface area contributed by atoms with Crippen LogP contribution in [0.3, 0.4) is 0 Å². The molecule has 1 fully saturated rings. The average molecular weight is 357 g/mol. The van der Waals surface area contributed by atoms with Crippen LogP contribution in [0.4, 0.5) is 0 Å². The largest absolute Gasteiger partial charge is 0.390 e. The summed E-state index contributed by atoms with van der Waals surface area (Å²) in [5.74, 6) is 1.07. The van der Waals surface area contributed by atoms with Crippen molar-refractivity contribution in [3.63, 3.8) is 0 Å². The predicted molar refractivity (Wildman–Crippen MR) is 91.6 cm³/mol. The van der Waals surface area contributed by atoms with Crippen molar-refractivity contribution in [1.29, 1.82) is 0 Å². The first kappa shape index (κ1) is 19.2. The predicted octanol–water partition coefficient (Wildman–Crippen LogP) is -0.0688. The van der Waals surface area contributed by atoms with Gasteiger partial charge in [0.2, 0.25) is 0 Å². The third-order valence-corrected chi connectivity index (χ3v) is 5.64. The third kappa shape index (κ3) is 4.93. The second kappa shape index (κ2) is 7.83. The van der Waals surface area contributed by atoms with E-state index in [0.717, 1.165) is 15.8 Å². The Morgan fingerprint density at radius 3 is 2.75 bits per heavy atom. The summed E-state index contributed by atoms with van der Waals surface area (Å²) < 4.78 is 27.4. The minimum atomic E-state index is -3.54. The van der Waals surface area contributed by atoms with Gasteiger partial charge in [-0.15, -0.1) is 0 Å². The molecule has 0 aliphatic carbocycles. The number of aromatic nitrogens is 2. The molecule has 136 valence electrons. The summed E-state index contributed by atoms with van der Waals surface area (Å²) in [4.78, 5) is 10.9. The number of likely N-dealkylation sites (tertiary alicyclic amines) is 1. The van der Waals surface area contributed by atoms with E-state index in [4.69, 9.17) is 0 Å². The summed E-state index contributed by atoms with van der Waals surface area (Å²) in [6, 6.07) is 1.41. The van der Waals surface area contributed by atoms with Crippen LogP contribution in [0.5, 0.6) is 0 Å². The molecule has 0 radical (unpaired) electrons. The van der Waals surface area contributed by atoms with Gasteiger partial charge in [-0.1, -0.05) is 13.8 Å². The van der Waals surface area contributed by atoms with Gasteiger partial charge in [0.25, 0.3) is 10.2 Å². The maximum absolute atomic E-state index is 11.9. The van der Waals surface area contributed by atoms with Gasteiger partial charge >= 0.3 is 0 Å². The zero-order valence-corrected chi connectivity index (χ0v) is 15.5. The number of nitrogens with one attached hydrogen (secondary N) is 1. The van der Waals surface area contributed by atoms with E-state index in [1.165, 1.54) is 14.1 Å². The van der Waals surface area contributed by atoms with Crippen molar-refractivity contribution in [1.82, 2.24) is 23.9 Å². The first-order valence-corrected chi connectivity index (χ1v) is 9.55. The summed E-state index contributed by atoms with van der Waals surface area (Å²) in [6.45, 7) is 5.81. The monoisotopic (exact) mass is 357 g/mol. The second-order valence-electron chi connectivity index (χ2n) is 6.66. The van der Waals surface area contributed by atoms with Crippen molar-refractivity contribution in [2.45, 2.75) is 44.9 Å².